The normalized spacial score (nSPS) is 21.9. The molecule has 1 aliphatic heterocycles. The average molecular weight is 269 g/mol. The van der Waals surface area contributed by atoms with E-state index in [9.17, 15) is 14.7 Å². The fourth-order valence-corrected chi connectivity index (χ4v) is 2.86. The zero-order valence-corrected chi connectivity index (χ0v) is 10.9. The lowest BCUT2D eigenvalue weighted by Gasteiger charge is -2.30. The summed E-state index contributed by atoms with van der Waals surface area (Å²) >= 11 is 0. The third-order valence-electron chi connectivity index (χ3n) is 3.78. The van der Waals surface area contributed by atoms with Crippen LogP contribution in [0.15, 0.2) is 53.4 Å². The molecule has 20 heavy (non-hydrogen) atoms. The zero-order valence-electron chi connectivity index (χ0n) is 10.9. The molecule has 4 heteroatoms. The predicted octanol–water partition coefficient (Wildman–Crippen LogP) is 2.35. The van der Waals surface area contributed by atoms with Crippen molar-refractivity contribution < 1.29 is 14.7 Å². The van der Waals surface area contributed by atoms with E-state index in [0.717, 1.165) is 29.7 Å². The largest absolute Gasteiger partial charge is 0.477 e. The molecule has 0 fully saturated rings. The van der Waals surface area contributed by atoms with Crippen molar-refractivity contribution in [3.8, 4) is 0 Å². The second-order valence-corrected chi connectivity index (χ2v) is 5.07. The second-order valence-electron chi connectivity index (χ2n) is 5.07. The van der Waals surface area contributed by atoms with Gasteiger partial charge in [-0.2, -0.15) is 0 Å². The van der Waals surface area contributed by atoms with Gasteiger partial charge in [-0.25, -0.2) is 4.79 Å². The van der Waals surface area contributed by atoms with Crippen LogP contribution in [0.5, 0.6) is 0 Å². The van der Waals surface area contributed by atoms with Crippen molar-refractivity contribution >= 4 is 11.8 Å². The predicted molar refractivity (Wildman–Crippen MR) is 73.9 cm³/mol. The van der Waals surface area contributed by atoms with Crippen molar-refractivity contribution in [3.05, 3.63) is 58.9 Å². The van der Waals surface area contributed by atoms with Gasteiger partial charge >= 0.3 is 5.97 Å². The van der Waals surface area contributed by atoms with Crippen LogP contribution in [0.25, 0.3) is 0 Å². The Labute approximate surface area is 116 Å². The highest BCUT2D eigenvalue weighted by Crippen LogP contribution is 2.37. The van der Waals surface area contributed by atoms with Crippen LogP contribution in [0.2, 0.25) is 0 Å². The van der Waals surface area contributed by atoms with Crippen LogP contribution in [-0.2, 0) is 9.59 Å². The van der Waals surface area contributed by atoms with Crippen molar-refractivity contribution in [2.75, 3.05) is 0 Å². The highest BCUT2D eigenvalue weighted by molar-refractivity contribution is 6.00. The molecule has 102 valence electrons. The quantitative estimate of drug-likeness (QED) is 0.865. The van der Waals surface area contributed by atoms with Crippen LogP contribution in [0, 0.1) is 0 Å². The van der Waals surface area contributed by atoms with Gasteiger partial charge in [0.05, 0.1) is 0 Å². The summed E-state index contributed by atoms with van der Waals surface area (Å²) in [6, 6.07) is 9.57. The molecule has 0 saturated carbocycles. The van der Waals surface area contributed by atoms with Gasteiger partial charge in [0.1, 0.15) is 5.70 Å². The minimum absolute atomic E-state index is 0.119. The molecule has 0 saturated heterocycles. The first-order valence-corrected chi connectivity index (χ1v) is 6.70. The topological polar surface area (TPSA) is 66.4 Å². The molecule has 0 unspecified atom stereocenters. The smallest absolute Gasteiger partial charge is 0.351 e. The fraction of sp³-hybridized carbons (Fsp3) is 0.250. The van der Waals surface area contributed by atoms with Gasteiger partial charge in [0, 0.05) is 23.6 Å². The number of ketones is 1. The van der Waals surface area contributed by atoms with Crippen molar-refractivity contribution in [1.29, 1.82) is 0 Å². The lowest BCUT2D eigenvalue weighted by Crippen LogP contribution is -2.32. The number of dihydropyridines is 1. The molecule has 3 rings (SSSR count). The molecule has 0 radical (unpaired) electrons. The Morgan fingerprint density at radius 3 is 2.65 bits per heavy atom. The van der Waals surface area contributed by atoms with E-state index in [1.54, 1.807) is 6.08 Å². The number of nitrogens with one attached hydrogen (secondary N) is 1. The molecule has 2 aliphatic rings. The van der Waals surface area contributed by atoms with Crippen LogP contribution in [0.4, 0.5) is 0 Å². The summed E-state index contributed by atoms with van der Waals surface area (Å²) in [6.45, 7) is 0. The molecule has 1 atom stereocenters. The Morgan fingerprint density at radius 2 is 1.95 bits per heavy atom. The van der Waals surface area contributed by atoms with Crippen LogP contribution in [0.1, 0.15) is 30.7 Å². The number of allylic oxidation sites excluding steroid dienone is 3. The zero-order chi connectivity index (χ0) is 14.1. The summed E-state index contributed by atoms with van der Waals surface area (Å²) < 4.78 is 0. The number of rotatable bonds is 2. The molecule has 0 spiro atoms. The standard InChI is InChI=1S/C16H15NO3/c18-14-8-4-7-12-15(14)11(9-13(17-12)16(19)20)10-5-2-1-3-6-10/h1-3,5-6,9,11,17H,4,7-8H2,(H,19,20)/t11-/m0/s1. The van der Waals surface area contributed by atoms with E-state index in [-0.39, 0.29) is 17.4 Å². The summed E-state index contributed by atoms with van der Waals surface area (Å²) in [6.07, 6.45) is 3.69. The SMILES string of the molecule is O=C(O)C1=C[C@@H](c2ccccc2)C2=C(CCCC2=O)N1. The van der Waals surface area contributed by atoms with Crippen molar-refractivity contribution in [3.63, 3.8) is 0 Å². The molecule has 2 N–H and O–H groups in total. The van der Waals surface area contributed by atoms with E-state index in [0.29, 0.717) is 6.42 Å². The van der Waals surface area contributed by atoms with Gasteiger partial charge in [-0.1, -0.05) is 30.3 Å². The van der Waals surface area contributed by atoms with E-state index < -0.39 is 5.97 Å². The lowest BCUT2D eigenvalue weighted by molar-refractivity contribution is -0.133. The summed E-state index contributed by atoms with van der Waals surface area (Å²) in [5.41, 5.74) is 2.62. The van der Waals surface area contributed by atoms with Crippen LogP contribution in [-0.4, -0.2) is 16.9 Å². The number of carbonyl (C=O) groups is 2. The minimum Gasteiger partial charge on any atom is -0.477 e. The highest BCUT2D eigenvalue weighted by atomic mass is 16.4. The molecule has 0 aromatic heterocycles. The maximum absolute atomic E-state index is 12.2. The summed E-state index contributed by atoms with van der Waals surface area (Å²) in [4.78, 5) is 23.5. The van der Waals surface area contributed by atoms with E-state index in [4.69, 9.17) is 0 Å². The molecule has 4 nitrogen and oxygen atoms in total. The van der Waals surface area contributed by atoms with Crippen LogP contribution >= 0.6 is 0 Å². The molecule has 0 amide bonds. The molecule has 0 bridgehead atoms. The Morgan fingerprint density at radius 1 is 1.20 bits per heavy atom. The summed E-state index contributed by atoms with van der Waals surface area (Å²) in [5, 5.41) is 12.1. The minimum atomic E-state index is -0.990. The van der Waals surface area contributed by atoms with Crippen molar-refractivity contribution in [2.24, 2.45) is 0 Å². The van der Waals surface area contributed by atoms with Gasteiger partial charge in [0.2, 0.25) is 0 Å². The second kappa shape index (κ2) is 4.96. The summed E-state index contributed by atoms with van der Waals surface area (Å²) in [7, 11) is 0. The third-order valence-corrected chi connectivity index (χ3v) is 3.78. The number of aliphatic carboxylic acids is 1. The number of Topliss-reactive ketones (excluding diaryl/α,β-unsaturated/α-hetero) is 1. The summed E-state index contributed by atoms with van der Waals surface area (Å²) in [5.74, 6) is -1.13. The number of hydrogen-bond acceptors (Lipinski definition) is 3. The average Bonchev–Trinajstić information content (AvgIpc) is 2.47. The van der Waals surface area contributed by atoms with E-state index in [1.165, 1.54) is 0 Å². The third kappa shape index (κ3) is 2.13. The Kier molecular flexibility index (Phi) is 3.14. The van der Waals surface area contributed by atoms with Crippen molar-refractivity contribution in [1.82, 2.24) is 5.32 Å². The fourth-order valence-electron chi connectivity index (χ4n) is 2.86. The van der Waals surface area contributed by atoms with Crippen LogP contribution in [0.3, 0.4) is 0 Å². The maximum Gasteiger partial charge on any atom is 0.351 e. The van der Waals surface area contributed by atoms with E-state index in [1.807, 2.05) is 30.3 Å². The molecule has 1 aliphatic carbocycles. The Bertz CT molecular complexity index is 628. The molecule has 1 aromatic carbocycles. The van der Waals surface area contributed by atoms with Crippen molar-refractivity contribution in [2.45, 2.75) is 25.2 Å². The van der Waals surface area contributed by atoms with E-state index >= 15 is 0 Å². The first kappa shape index (κ1) is 12.7. The first-order valence-electron chi connectivity index (χ1n) is 6.70. The highest BCUT2D eigenvalue weighted by Gasteiger charge is 2.32. The number of carboxylic acids is 1. The van der Waals surface area contributed by atoms with Gasteiger partial charge in [0.15, 0.2) is 5.78 Å². The molecular formula is C16H15NO3. The Hall–Kier alpha value is -2.36. The number of hydrogen-bond donors (Lipinski definition) is 2. The monoisotopic (exact) mass is 269 g/mol. The van der Waals surface area contributed by atoms with Gasteiger partial charge in [-0.15, -0.1) is 0 Å². The van der Waals surface area contributed by atoms with E-state index in [2.05, 4.69) is 5.32 Å². The van der Waals surface area contributed by atoms with Gasteiger partial charge < -0.3 is 10.4 Å². The lowest BCUT2D eigenvalue weighted by atomic mass is 9.79. The first-order chi connectivity index (χ1) is 9.66. The Balaban J connectivity index is 2.10. The van der Waals surface area contributed by atoms with Gasteiger partial charge in [-0.3, -0.25) is 4.79 Å². The number of carbonyl (C=O) groups excluding carboxylic acids is 1. The molecule has 1 aromatic rings. The molecular weight excluding hydrogens is 254 g/mol. The number of benzene rings is 1. The number of carboxylic acid groups (broad SMARTS) is 1. The molecule has 1 heterocycles. The van der Waals surface area contributed by atoms with Gasteiger partial charge in [0.25, 0.3) is 0 Å². The maximum atomic E-state index is 12.2. The van der Waals surface area contributed by atoms with Crippen LogP contribution < -0.4 is 5.32 Å². The van der Waals surface area contributed by atoms with Gasteiger partial charge in [-0.05, 0) is 24.5 Å².